The fraction of sp³-hybridized carbons (Fsp3) is 0.0769. The fourth-order valence-corrected chi connectivity index (χ4v) is 1.92. The third kappa shape index (κ3) is 2.39. The summed E-state index contributed by atoms with van der Waals surface area (Å²) in [5.41, 5.74) is 4.93. The number of H-pyrrole nitrogens is 1. The molecule has 0 radical (unpaired) electrons. The maximum atomic E-state index is 13.8. The van der Waals surface area contributed by atoms with Crippen molar-refractivity contribution in [1.82, 2.24) is 15.0 Å². The first-order valence-corrected chi connectivity index (χ1v) is 5.84. The highest BCUT2D eigenvalue weighted by atomic mass is 19.4. The summed E-state index contributed by atoms with van der Waals surface area (Å²) >= 11 is 0. The number of pyridine rings is 1. The molecule has 21 heavy (non-hydrogen) atoms. The van der Waals surface area contributed by atoms with Crippen molar-refractivity contribution < 1.29 is 17.6 Å². The number of aromatic nitrogens is 3. The molecule has 3 aromatic rings. The lowest BCUT2D eigenvalue weighted by Crippen LogP contribution is -2.05. The van der Waals surface area contributed by atoms with E-state index < -0.39 is 17.6 Å². The second-order valence-corrected chi connectivity index (χ2v) is 4.39. The van der Waals surface area contributed by atoms with Crippen LogP contribution in [0.2, 0.25) is 0 Å². The fourth-order valence-electron chi connectivity index (χ4n) is 1.92. The lowest BCUT2D eigenvalue weighted by molar-refractivity contribution is -0.137. The Balaban J connectivity index is 2.17. The van der Waals surface area contributed by atoms with Crippen LogP contribution in [-0.4, -0.2) is 15.0 Å². The predicted octanol–water partition coefficient (Wildman–Crippen LogP) is 3.37. The van der Waals surface area contributed by atoms with Gasteiger partial charge in [-0.1, -0.05) is 0 Å². The Bertz CT molecular complexity index is 823. The van der Waals surface area contributed by atoms with Gasteiger partial charge in [0.05, 0.1) is 16.6 Å². The van der Waals surface area contributed by atoms with Gasteiger partial charge < -0.3 is 10.7 Å². The van der Waals surface area contributed by atoms with Gasteiger partial charge in [-0.25, -0.2) is 14.4 Å². The Hall–Kier alpha value is -2.64. The lowest BCUT2D eigenvalue weighted by atomic mass is 10.1. The molecule has 0 amide bonds. The molecule has 0 bridgehead atoms. The van der Waals surface area contributed by atoms with E-state index >= 15 is 0 Å². The monoisotopic (exact) mass is 296 g/mol. The Morgan fingerprint density at radius 3 is 2.52 bits per heavy atom. The van der Waals surface area contributed by atoms with Crippen molar-refractivity contribution in [3.63, 3.8) is 0 Å². The smallest absolute Gasteiger partial charge is 0.384 e. The number of halogens is 4. The number of hydrogen-bond acceptors (Lipinski definition) is 3. The third-order valence-corrected chi connectivity index (χ3v) is 2.92. The van der Waals surface area contributed by atoms with Crippen LogP contribution < -0.4 is 5.73 Å². The molecule has 1 aromatic carbocycles. The third-order valence-electron chi connectivity index (χ3n) is 2.92. The molecule has 108 valence electrons. The second kappa shape index (κ2) is 4.44. The van der Waals surface area contributed by atoms with Crippen LogP contribution in [0, 0.1) is 5.82 Å². The highest BCUT2D eigenvalue weighted by molar-refractivity contribution is 5.77. The predicted molar refractivity (Wildman–Crippen MR) is 68.7 cm³/mol. The van der Waals surface area contributed by atoms with E-state index in [1.807, 2.05) is 0 Å². The van der Waals surface area contributed by atoms with Crippen LogP contribution in [0.5, 0.6) is 0 Å². The van der Waals surface area contributed by atoms with Crippen LogP contribution in [0.3, 0.4) is 0 Å². The highest BCUT2D eigenvalue weighted by Crippen LogP contribution is 2.33. The van der Waals surface area contributed by atoms with Gasteiger partial charge in [0.15, 0.2) is 5.65 Å². The van der Waals surface area contributed by atoms with E-state index in [9.17, 15) is 17.6 Å². The summed E-state index contributed by atoms with van der Waals surface area (Å²) in [5.74, 6) is -0.633. The molecule has 8 heteroatoms. The molecule has 3 rings (SSSR count). The van der Waals surface area contributed by atoms with Crippen molar-refractivity contribution in [2.24, 2.45) is 0 Å². The van der Waals surface area contributed by atoms with Crippen molar-refractivity contribution in [2.75, 3.05) is 5.73 Å². The number of fused-ring (bicyclic) bond motifs is 1. The van der Waals surface area contributed by atoms with Gasteiger partial charge in [0.2, 0.25) is 0 Å². The Morgan fingerprint density at radius 1 is 1.05 bits per heavy atom. The number of alkyl halides is 3. The molecule has 0 fully saturated rings. The first-order valence-electron chi connectivity index (χ1n) is 5.84. The topological polar surface area (TPSA) is 67.6 Å². The molecule has 0 saturated carbocycles. The minimum atomic E-state index is -4.56. The normalized spacial score (nSPS) is 12.0. The average molecular weight is 296 g/mol. The molecule has 2 heterocycles. The number of rotatable bonds is 1. The molecule has 0 aliphatic carbocycles. The van der Waals surface area contributed by atoms with Crippen molar-refractivity contribution >= 4 is 17.0 Å². The molecular weight excluding hydrogens is 288 g/mol. The number of hydrogen-bond donors (Lipinski definition) is 2. The quantitative estimate of drug-likeness (QED) is 0.677. The SMILES string of the molecule is Nc1ccc2[nH]c(-c3cc(C(F)(F)F)ccc3F)nc2n1. The second-order valence-electron chi connectivity index (χ2n) is 4.39. The number of benzene rings is 1. The highest BCUT2D eigenvalue weighted by Gasteiger charge is 2.31. The average Bonchev–Trinajstić information content (AvgIpc) is 2.80. The minimum Gasteiger partial charge on any atom is -0.384 e. The molecule has 0 atom stereocenters. The summed E-state index contributed by atoms with van der Waals surface area (Å²) in [5, 5.41) is 0. The summed E-state index contributed by atoms with van der Waals surface area (Å²) in [6.07, 6.45) is -4.56. The van der Waals surface area contributed by atoms with E-state index in [0.29, 0.717) is 17.6 Å². The summed E-state index contributed by atoms with van der Waals surface area (Å²) in [6.45, 7) is 0. The van der Waals surface area contributed by atoms with Crippen molar-refractivity contribution in [3.05, 3.63) is 41.7 Å². The zero-order chi connectivity index (χ0) is 15.2. The van der Waals surface area contributed by atoms with E-state index in [0.717, 1.165) is 6.07 Å². The van der Waals surface area contributed by atoms with Crippen LogP contribution in [-0.2, 0) is 6.18 Å². The van der Waals surface area contributed by atoms with Gasteiger partial charge in [0, 0.05) is 0 Å². The maximum absolute atomic E-state index is 13.8. The number of imidazole rings is 1. The number of anilines is 1. The zero-order valence-corrected chi connectivity index (χ0v) is 10.4. The summed E-state index contributed by atoms with van der Waals surface area (Å²) < 4.78 is 51.9. The Kier molecular flexibility index (Phi) is 2.82. The van der Waals surface area contributed by atoms with Gasteiger partial charge in [-0.2, -0.15) is 13.2 Å². The maximum Gasteiger partial charge on any atom is 0.416 e. The molecule has 0 aliphatic rings. The van der Waals surface area contributed by atoms with E-state index in [2.05, 4.69) is 15.0 Å². The number of aromatic amines is 1. The van der Waals surface area contributed by atoms with E-state index in [-0.39, 0.29) is 22.9 Å². The number of nitrogen functional groups attached to an aromatic ring is 1. The molecular formula is C13H8F4N4. The minimum absolute atomic E-state index is 0.0355. The molecule has 2 aromatic heterocycles. The van der Waals surface area contributed by atoms with Gasteiger partial charge >= 0.3 is 6.18 Å². The first kappa shape index (κ1) is 13.3. The van der Waals surface area contributed by atoms with Gasteiger partial charge in [0.25, 0.3) is 0 Å². The summed E-state index contributed by atoms with van der Waals surface area (Å²) in [7, 11) is 0. The Labute approximate surface area is 115 Å². The van der Waals surface area contributed by atoms with Crippen LogP contribution in [0.4, 0.5) is 23.4 Å². The number of nitrogens with zero attached hydrogens (tertiary/aromatic N) is 2. The molecule has 0 saturated heterocycles. The molecule has 4 nitrogen and oxygen atoms in total. The van der Waals surface area contributed by atoms with Crippen molar-refractivity contribution in [2.45, 2.75) is 6.18 Å². The number of nitrogens with two attached hydrogens (primary N) is 1. The molecule has 0 aliphatic heterocycles. The Morgan fingerprint density at radius 2 is 1.81 bits per heavy atom. The molecule has 0 unspecified atom stereocenters. The lowest BCUT2D eigenvalue weighted by Gasteiger charge is -2.08. The standard InChI is InChI=1S/C13H8F4N4/c14-8-2-1-6(13(15,16)17)5-7(8)11-19-9-3-4-10(18)20-12(9)21-11/h1-5H,(H3,18,19,20,21). The van der Waals surface area contributed by atoms with Crippen LogP contribution in [0.15, 0.2) is 30.3 Å². The van der Waals surface area contributed by atoms with Crippen molar-refractivity contribution in [3.8, 4) is 11.4 Å². The largest absolute Gasteiger partial charge is 0.416 e. The van der Waals surface area contributed by atoms with Crippen LogP contribution >= 0.6 is 0 Å². The molecule has 3 N–H and O–H groups in total. The first-order chi connectivity index (χ1) is 9.84. The van der Waals surface area contributed by atoms with E-state index in [4.69, 9.17) is 5.73 Å². The van der Waals surface area contributed by atoms with Gasteiger partial charge in [0.1, 0.15) is 17.5 Å². The van der Waals surface area contributed by atoms with Gasteiger partial charge in [-0.15, -0.1) is 0 Å². The van der Waals surface area contributed by atoms with Gasteiger partial charge in [-0.05, 0) is 30.3 Å². The van der Waals surface area contributed by atoms with Gasteiger partial charge in [-0.3, -0.25) is 0 Å². The van der Waals surface area contributed by atoms with Crippen molar-refractivity contribution in [1.29, 1.82) is 0 Å². The van der Waals surface area contributed by atoms with E-state index in [1.54, 1.807) is 6.07 Å². The summed E-state index contributed by atoms with van der Waals surface area (Å²) in [4.78, 5) is 10.6. The molecule has 0 spiro atoms. The van der Waals surface area contributed by atoms with E-state index in [1.165, 1.54) is 6.07 Å². The summed E-state index contributed by atoms with van der Waals surface area (Å²) in [6, 6.07) is 5.22. The number of nitrogens with one attached hydrogen (secondary N) is 1. The van der Waals surface area contributed by atoms with Crippen LogP contribution in [0.1, 0.15) is 5.56 Å². The van der Waals surface area contributed by atoms with Crippen LogP contribution in [0.25, 0.3) is 22.6 Å². The zero-order valence-electron chi connectivity index (χ0n) is 10.4.